The molecule has 1 aliphatic rings. The summed E-state index contributed by atoms with van der Waals surface area (Å²) in [5.74, 6) is 0.451. The number of halogens is 3. The van der Waals surface area contributed by atoms with E-state index in [1.165, 1.54) is 23.8 Å². The lowest BCUT2D eigenvalue weighted by Gasteiger charge is -2.15. The Morgan fingerprint density at radius 1 is 1.12 bits per heavy atom. The van der Waals surface area contributed by atoms with Gasteiger partial charge in [-0.3, -0.25) is 4.99 Å². The van der Waals surface area contributed by atoms with Crippen LogP contribution >= 0.6 is 24.0 Å². The first kappa shape index (κ1) is 20.4. The smallest absolute Gasteiger partial charge is 0.191 e. The summed E-state index contributed by atoms with van der Waals surface area (Å²) >= 11 is 0. The van der Waals surface area contributed by atoms with Gasteiger partial charge in [0.15, 0.2) is 5.96 Å². The molecule has 0 aliphatic carbocycles. The number of nitrogens with zero attached hydrogens (tertiary/aromatic N) is 1. The molecule has 0 spiro atoms. The van der Waals surface area contributed by atoms with E-state index in [-0.39, 0.29) is 42.1 Å². The Kier molecular flexibility index (Phi) is 7.62. The predicted octanol–water partition coefficient (Wildman–Crippen LogP) is 3.29. The number of ether oxygens (including phenoxy) is 1. The van der Waals surface area contributed by atoms with Crippen LogP contribution in [0.5, 0.6) is 5.75 Å². The van der Waals surface area contributed by atoms with E-state index < -0.39 is 11.6 Å². The predicted molar refractivity (Wildman–Crippen MR) is 109 cm³/mol. The van der Waals surface area contributed by atoms with Crippen LogP contribution in [0.25, 0.3) is 0 Å². The van der Waals surface area contributed by atoms with Gasteiger partial charge >= 0.3 is 0 Å². The average molecular weight is 473 g/mol. The number of rotatable bonds is 5. The number of hydrogen-bond donors (Lipinski definition) is 2. The van der Waals surface area contributed by atoms with E-state index in [0.717, 1.165) is 12.2 Å². The van der Waals surface area contributed by atoms with Crippen molar-refractivity contribution in [2.75, 3.05) is 20.1 Å². The molecule has 26 heavy (non-hydrogen) atoms. The lowest BCUT2D eigenvalue weighted by molar-refractivity contribution is 0.235. The number of nitrogens with one attached hydrogen (secondary N) is 2. The maximum Gasteiger partial charge on any atom is 0.191 e. The highest BCUT2D eigenvalue weighted by atomic mass is 127. The Labute approximate surface area is 169 Å². The molecule has 1 unspecified atom stereocenters. The van der Waals surface area contributed by atoms with Gasteiger partial charge in [0.2, 0.25) is 0 Å². The molecule has 0 bridgehead atoms. The minimum Gasteiger partial charge on any atom is -0.488 e. The normalized spacial score (nSPS) is 15.7. The summed E-state index contributed by atoms with van der Waals surface area (Å²) in [4.78, 5) is 4.13. The Hall–Kier alpha value is -1.90. The molecule has 0 saturated heterocycles. The van der Waals surface area contributed by atoms with Crippen molar-refractivity contribution in [3.8, 4) is 5.75 Å². The van der Waals surface area contributed by atoms with Crippen LogP contribution in [0.1, 0.15) is 11.1 Å². The molecular weight excluding hydrogens is 451 g/mol. The monoisotopic (exact) mass is 473 g/mol. The van der Waals surface area contributed by atoms with Crippen molar-refractivity contribution >= 4 is 29.9 Å². The van der Waals surface area contributed by atoms with Crippen molar-refractivity contribution in [3.05, 3.63) is 65.2 Å². The van der Waals surface area contributed by atoms with Gasteiger partial charge in [-0.15, -0.1) is 24.0 Å². The second-order valence-electron chi connectivity index (χ2n) is 5.88. The van der Waals surface area contributed by atoms with Gasteiger partial charge < -0.3 is 15.4 Å². The molecule has 1 heterocycles. The van der Waals surface area contributed by atoms with Gasteiger partial charge in [0.1, 0.15) is 23.5 Å². The largest absolute Gasteiger partial charge is 0.488 e. The average Bonchev–Trinajstić information content (AvgIpc) is 3.03. The van der Waals surface area contributed by atoms with Gasteiger partial charge in [0.25, 0.3) is 0 Å². The molecule has 4 nitrogen and oxygen atoms in total. The van der Waals surface area contributed by atoms with Crippen molar-refractivity contribution in [3.63, 3.8) is 0 Å². The molecule has 1 aliphatic heterocycles. The van der Waals surface area contributed by atoms with Crippen LogP contribution in [0, 0.1) is 11.6 Å². The molecular formula is C19H22F2IN3O. The SMILES string of the molecule is CN=C(NCCc1c(F)cccc1F)NCC1Cc2ccccc2O1.I. The number of para-hydroxylation sites is 1. The van der Waals surface area contributed by atoms with Crippen LogP contribution in [0.3, 0.4) is 0 Å². The van der Waals surface area contributed by atoms with Gasteiger partial charge in [0, 0.05) is 25.6 Å². The van der Waals surface area contributed by atoms with E-state index in [1.54, 1.807) is 7.05 Å². The second-order valence-corrected chi connectivity index (χ2v) is 5.88. The Morgan fingerprint density at radius 3 is 2.54 bits per heavy atom. The zero-order valence-electron chi connectivity index (χ0n) is 14.5. The van der Waals surface area contributed by atoms with E-state index in [9.17, 15) is 8.78 Å². The molecule has 3 rings (SSSR count). The molecule has 0 saturated carbocycles. The van der Waals surface area contributed by atoms with Gasteiger partial charge in [-0.2, -0.15) is 0 Å². The fraction of sp³-hybridized carbons (Fsp3) is 0.316. The number of guanidine groups is 1. The minimum absolute atomic E-state index is 0. The number of fused-ring (bicyclic) bond motifs is 1. The quantitative estimate of drug-likeness (QED) is 0.398. The molecule has 0 aromatic heterocycles. The highest BCUT2D eigenvalue weighted by Crippen LogP contribution is 2.27. The zero-order chi connectivity index (χ0) is 17.6. The first-order valence-corrected chi connectivity index (χ1v) is 8.29. The summed E-state index contributed by atoms with van der Waals surface area (Å²) < 4.78 is 33.1. The van der Waals surface area contributed by atoms with Crippen molar-refractivity contribution < 1.29 is 13.5 Å². The molecule has 2 aromatic rings. The second kappa shape index (κ2) is 9.70. The van der Waals surface area contributed by atoms with Crippen LogP contribution in [0.15, 0.2) is 47.5 Å². The summed E-state index contributed by atoms with van der Waals surface area (Å²) in [7, 11) is 1.66. The lowest BCUT2D eigenvalue weighted by Crippen LogP contribution is -2.42. The van der Waals surface area contributed by atoms with E-state index in [1.807, 2.05) is 18.2 Å². The lowest BCUT2D eigenvalue weighted by atomic mass is 10.1. The minimum atomic E-state index is -0.526. The van der Waals surface area contributed by atoms with Crippen LogP contribution in [-0.2, 0) is 12.8 Å². The van der Waals surface area contributed by atoms with Crippen molar-refractivity contribution in [2.45, 2.75) is 18.9 Å². The van der Waals surface area contributed by atoms with E-state index in [0.29, 0.717) is 19.0 Å². The Bertz CT molecular complexity index is 725. The Balaban J connectivity index is 0.00000243. The topological polar surface area (TPSA) is 45.7 Å². The van der Waals surface area contributed by atoms with Crippen molar-refractivity contribution in [1.82, 2.24) is 10.6 Å². The van der Waals surface area contributed by atoms with Gasteiger partial charge in [0.05, 0.1) is 6.54 Å². The maximum atomic E-state index is 13.6. The molecule has 0 radical (unpaired) electrons. The van der Waals surface area contributed by atoms with Gasteiger partial charge in [-0.25, -0.2) is 8.78 Å². The van der Waals surface area contributed by atoms with Crippen molar-refractivity contribution in [1.29, 1.82) is 0 Å². The third-order valence-corrected chi connectivity index (χ3v) is 4.16. The maximum absolute atomic E-state index is 13.6. The van der Waals surface area contributed by atoms with Gasteiger partial charge in [-0.05, 0) is 30.2 Å². The molecule has 2 N–H and O–H groups in total. The highest BCUT2D eigenvalue weighted by Gasteiger charge is 2.22. The summed E-state index contributed by atoms with van der Waals surface area (Å²) in [6.45, 7) is 0.978. The molecule has 2 aromatic carbocycles. The molecule has 1 atom stereocenters. The molecule has 0 fully saturated rings. The summed E-state index contributed by atoms with van der Waals surface area (Å²) in [5, 5.41) is 6.26. The van der Waals surface area contributed by atoms with Crippen LogP contribution in [0.2, 0.25) is 0 Å². The van der Waals surface area contributed by atoms with Crippen LogP contribution in [0.4, 0.5) is 8.78 Å². The fourth-order valence-corrected chi connectivity index (χ4v) is 2.88. The first-order chi connectivity index (χ1) is 12.2. The fourth-order valence-electron chi connectivity index (χ4n) is 2.88. The third kappa shape index (κ3) is 5.06. The van der Waals surface area contributed by atoms with E-state index >= 15 is 0 Å². The van der Waals surface area contributed by atoms with Crippen LogP contribution in [-0.4, -0.2) is 32.2 Å². The standard InChI is InChI=1S/C19H21F2N3O.HI/c1-22-19(23-10-9-15-16(20)6-4-7-17(15)21)24-12-14-11-13-5-2-3-8-18(13)25-14;/h2-8,14H,9-12H2,1H3,(H2,22,23,24);1H. The number of aliphatic imine (C=N–C) groups is 1. The first-order valence-electron chi connectivity index (χ1n) is 8.29. The number of hydrogen-bond acceptors (Lipinski definition) is 2. The highest BCUT2D eigenvalue weighted by molar-refractivity contribution is 14.0. The van der Waals surface area contributed by atoms with Crippen molar-refractivity contribution in [2.24, 2.45) is 4.99 Å². The summed E-state index contributed by atoms with van der Waals surface area (Å²) in [6, 6.07) is 11.9. The molecule has 140 valence electrons. The molecule has 7 heteroatoms. The summed E-state index contributed by atoms with van der Waals surface area (Å²) in [6.07, 6.45) is 1.13. The van der Waals surface area contributed by atoms with Gasteiger partial charge in [-0.1, -0.05) is 24.3 Å². The van der Waals surface area contributed by atoms with Crippen LogP contribution < -0.4 is 15.4 Å². The van der Waals surface area contributed by atoms with E-state index in [4.69, 9.17) is 4.74 Å². The third-order valence-electron chi connectivity index (χ3n) is 4.16. The zero-order valence-corrected chi connectivity index (χ0v) is 16.8. The van der Waals surface area contributed by atoms with E-state index in [2.05, 4.69) is 21.7 Å². The Morgan fingerprint density at radius 2 is 1.85 bits per heavy atom. The number of benzene rings is 2. The molecule has 0 amide bonds. The summed E-state index contributed by atoms with van der Waals surface area (Å²) in [5.41, 5.74) is 1.28.